The first-order valence-corrected chi connectivity index (χ1v) is 8.01. The van der Waals surface area contributed by atoms with Crippen molar-refractivity contribution in [3.8, 4) is 10.6 Å². The van der Waals surface area contributed by atoms with Crippen molar-refractivity contribution < 1.29 is 9.59 Å². The fraction of sp³-hybridized carbons (Fsp3) is 0.312. The highest BCUT2D eigenvalue weighted by atomic mass is 32.1. The van der Waals surface area contributed by atoms with Crippen molar-refractivity contribution in [2.24, 2.45) is 11.8 Å². The minimum absolute atomic E-state index is 0.0303. The Labute approximate surface area is 132 Å². The standard InChI is InChI=1S/C16H17N3O2S/c1-9-8-12(9)14(20)18-19-15(21)13-10(2)17-16(22-13)11-6-4-3-5-7-11/h3-7,9,12H,8H2,1-2H3,(H,18,20)(H,19,21). The average Bonchev–Trinajstić information content (AvgIpc) is 3.13. The zero-order valence-corrected chi connectivity index (χ0v) is 13.2. The number of rotatable bonds is 3. The third kappa shape index (κ3) is 3.01. The minimum Gasteiger partial charge on any atom is -0.273 e. The number of carbonyl (C=O) groups is 2. The highest BCUT2D eigenvalue weighted by Gasteiger charge is 2.39. The molecule has 1 aromatic carbocycles. The van der Waals surface area contributed by atoms with Gasteiger partial charge in [0.05, 0.1) is 5.69 Å². The molecular weight excluding hydrogens is 298 g/mol. The molecule has 1 aliphatic rings. The molecule has 2 aromatic rings. The lowest BCUT2D eigenvalue weighted by molar-refractivity contribution is -0.123. The number of nitrogens with one attached hydrogen (secondary N) is 2. The second kappa shape index (κ2) is 5.88. The number of hydrogen-bond acceptors (Lipinski definition) is 4. The van der Waals surface area contributed by atoms with Crippen molar-refractivity contribution in [2.75, 3.05) is 0 Å². The minimum atomic E-state index is -0.321. The topological polar surface area (TPSA) is 71.1 Å². The molecule has 0 radical (unpaired) electrons. The van der Waals surface area contributed by atoms with Gasteiger partial charge in [-0.1, -0.05) is 37.3 Å². The van der Waals surface area contributed by atoms with Crippen LogP contribution in [0.5, 0.6) is 0 Å². The summed E-state index contributed by atoms with van der Waals surface area (Å²) in [5.41, 5.74) is 6.61. The van der Waals surface area contributed by atoms with Crippen molar-refractivity contribution in [2.45, 2.75) is 20.3 Å². The van der Waals surface area contributed by atoms with E-state index in [1.54, 1.807) is 6.92 Å². The second-order valence-corrected chi connectivity index (χ2v) is 6.56. The van der Waals surface area contributed by atoms with Gasteiger partial charge >= 0.3 is 0 Å². The van der Waals surface area contributed by atoms with Gasteiger partial charge in [0.1, 0.15) is 9.88 Å². The van der Waals surface area contributed by atoms with Crippen LogP contribution in [0.3, 0.4) is 0 Å². The predicted molar refractivity (Wildman–Crippen MR) is 85.2 cm³/mol. The van der Waals surface area contributed by atoms with Crippen molar-refractivity contribution in [3.63, 3.8) is 0 Å². The van der Waals surface area contributed by atoms with Crippen LogP contribution < -0.4 is 10.9 Å². The zero-order valence-electron chi connectivity index (χ0n) is 12.4. The molecule has 0 aliphatic heterocycles. The maximum Gasteiger partial charge on any atom is 0.281 e. The number of benzene rings is 1. The lowest BCUT2D eigenvalue weighted by Gasteiger charge is -2.05. The highest BCUT2D eigenvalue weighted by molar-refractivity contribution is 7.17. The van der Waals surface area contributed by atoms with Crippen LogP contribution in [0.4, 0.5) is 0 Å². The number of thiazole rings is 1. The van der Waals surface area contributed by atoms with Gasteiger partial charge in [-0.2, -0.15) is 0 Å². The summed E-state index contributed by atoms with van der Waals surface area (Å²) >= 11 is 1.32. The number of amides is 2. The largest absolute Gasteiger partial charge is 0.281 e. The molecular formula is C16H17N3O2S. The van der Waals surface area contributed by atoms with Crippen molar-refractivity contribution in [1.82, 2.24) is 15.8 Å². The molecule has 0 bridgehead atoms. The molecule has 1 heterocycles. The van der Waals surface area contributed by atoms with Gasteiger partial charge < -0.3 is 0 Å². The van der Waals surface area contributed by atoms with Crippen molar-refractivity contribution in [3.05, 3.63) is 40.9 Å². The Bertz CT molecular complexity index is 711. The molecule has 114 valence electrons. The molecule has 1 saturated carbocycles. The molecule has 5 nitrogen and oxygen atoms in total. The molecule has 0 spiro atoms. The number of aromatic nitrogens is 1. The van der Waals surface area contributed by atoms with Gasteiger partial charge in [0, 0.05) is 11.5 Å². The third-order valence-electron chi connectivity index (χ3n) is 3.77. The van der Waals surface area contributed by atoms with E-state index in [1.165, 1.54) is 11.3 Å². The van der Waals surface area contributed by atoms with Crippen LogP contribution in [0.25, 0.3) is 10.6 Å². The number of hydrazine groups is 1. The number of hydrogen-bond donors (Lipinski definition) is 2. The Morgan fingerprint density at radius 2 is 1.91 bits per heavy atom. The summed E-state index contributed by atoms with van der Waals surface area (Å²) in [6.45, 7) is 3.81. The fourth-order valence-corrected chi connectivity index (χ4v) is 3.23. The Balaban J connectivity index is 1.68. The van der Waals surface area contributed by atoms with Gasteiger partial charge in [0.2, 0.25) is 5.91 Å². The van der Waals surface area contributed by atoms with Gasteiger partial charge in [-0.05, 0) is 19.3 Å². The first-order chi connectivity index (χ1) is 10.6. The molecule has 2 atom stereocenters. The first kappa shape index (κ1) is 14.7. The average molecular weight is 315 g/mol. The molecule has 1 aliphatic carbocycles. The van der Waals surface area contributed by atoms with Gasteiger partial charge in [0.15, 0.2) is 0 Å². The maximum atomic E-state index is 12.2. The molecule has 2 amide bonds. The first-order valence-electron chi connectivity index (χ1n) is 7.19. The van der Waals surface area contributed by atoms with Crippen LogP contribution in [-0.4, -0.2) is 16.8 Å². The SMILES string of the molecule is Cc1nc(-c2ccccc2)sc1C(=O)NNC(=O)C1CC1C. The molecule has 1 fully saturated rings. The number of nitrogens with zero attached hydrogens (tertiary/aromatic N) is 1. The van der Waals surface area contributed by atoms with Gasteiger partial charge in [0.25, 0.3) is 5.91 Å². The van der Waals surface area contributed by atoms with E-state index < -0.39 is 0 Å². The molecule has 22 heavy (non-hydrogen) atoms. The quantitative estimate of drug-likeness (QED) is 0.855. The monoisotopic (exact) mass is 315 g/mol. The van der Waals surface area contributed by atoms with Crippen LogP contribution >= 0.6 is 11.3 Å². The van der Waals surface area contributed by atoms with E-state index in [0.29, 0.717) is 16.5 Å². The summed E-state index contributed by atoms with van der Waals surface area (Å²) in [7, 11) is 0. The summed E-state index contributed by atoms with van der Waals surface area (Å²) < 4.78 is 0. The summed E-state index contributed by atoms with van der Waals surface area (Å²) in [6.07, 6.45) is 0.888. The van der Waals surface area contributed by atoms with E-state index in [-0.39, 0.29) is 17.7 Å². The summed E-state index contributed by atoms with van der Waals surface area (Å²) in [5.74, 6) is -0.000372. The van der Waals surface area contributed by atoms with Crippen molar-refractivity contribution >= 4 is 23.2 Å². The Hall–Kier alpha value is -2.21. The van der Waals surface area contributed by atoms with E-state index in [0.717, 1.165) is 17.0 Å². The second-order valence-electron chi connectivity index (χ2n) is 5.56. The number of carbonyl (C=O) groups excluding carboxylic acids is 2. The van der Waals surface area contributed by atoms with Gasteiger partial charge in [-0.3, -0.25) is 20.4 Å². The molecule has 2 unspecified atom stereocenters. The maximum absolute atomic E-state index is 12.2. The van der Waals surface area contributed by atoms with Crippen LogP contribution in [0, 0.1) is 18.8 Å². The lowest BCUT2D eigenvalue weighted by atomic mass is 10.2. The molecule has 1 aromatic heterocycles. The third-order valence-corrected chi connectivity index (χ3v) is 4.97. The molecule has 2 N–H and O–H groups in total. The van der Waals surface area contributed by atoms with E-state index in [1.807, 2.05) is 37.3 Å². The normalized spacial score (nSPS) is 19.5. The van der Waals surface area contributed by atoms with E-state index in [9.17, 15) is 9.59 Å². The van der Waals surface area contributed by atoms with Crippen LogP contribution in [0.15, 0.2) is 30.3 Å². The summed E-state index contributed by atoms with van der Waals surface area (Å²) in [6, 6.07) is 9.71. The Morgan fingerprint density at radius 1 is 1.23 bits per heavy atom. The predicted octanol–water partition coefficient (Wildman–Crippen LogP) is 2.54. The van der Waals surface area contributed by atoms with E-state index >= 15 is 0 Å². The van der Waals surface area contributed by atoms with E-state index in [4.69, 9.17) is 0 Å². The summed E-state index contributed by atoms with van der Waals surface area (Å²) in [4.78, 5) is 28.9. The lowest BCUT2D eigenvalue weighted by Crippen LogP contribution is -2.42. The molecule has 6 heteroatoms. The summed E-state index contributed by atoms with van der Waals surface area (Å²) in [5, 5.41) is 0.797. The van der Waals surface area contributed by atoms with Crippen LogP contribution in [-0.2, 0) is 4.79 Å². The smallest absolute Gasteiger partial charge is 0.273 e. The zero-order chi connectivity index (χ0) is 15.7. The molecule has 3 rings (SSSR count). The highest BCUT2D eigenvalue weighted by Crippen LogP contribution is 2.37. The fourth-order valence-electron chi connectivity index (χ4n) is 2.27. The van der Waals surface area contributed by atoms with Gasteiger partial charge in [-0.15, -0.1) is 11.3 Å². The van der Waals surface area contributed by atoms with Crippen LogP contribution in [0.2, 0.25) is 0 Å². The van der Waals surface area contributed by atoms with Gasteiger partial charge in [-0.25, -0.2) is 4.98 Å². The Kier molecular flexibility index (Phi) is 3.94. The Morgan fingerprint density at radius 3 is 2.55 bits per heavy atom. The van der Waals surface area contributed by atoms with E-state index in [2.05, 4.69) is 15.8 Å². The molecule has 0 saturated heterocycles. The number of aryl methyl sites for hydroxylation is 1. The van der Waals surface area contributed by atoms with Crippen molar-refractivity contribution in [1.29, 1.82) is 0 Å². The van der Waals surface area contributed by atoms with Crippen LogP contribution in [0.1, 0.15) is 28.7 Å².